The predicted octanol–water partition coefficient (Wildman–Crippen LogP) is 2.47. The molecule has 0 saturated carbocycles. The molecule has 2 rings (SSSR count). The van der Waals surface area contributed by atoms with E-state index >= 15 is 0 Å². The summed E-state index contributed by atoms with van der Waals surface area (Å²) in [4.78, 5) is 20.6. The number of carbonyl (C=O) groups excluding carboxylic acids is 1. The number of carbonyl (C=O) groups is 1. The maximum absolute atomic E-state index is 12.3. The molecule has 1 unspecified atom stereocenters. The summed E-state index contributed by atoms with van der Waals surface area (Å²) in [7, 11) is 5.45. The lowest BCUT2D eigenvalue weighted by atomic mass is 10.1. The monoisotopic (exact) mass is 417 g/mol. The Morgan fingerprint density at radius 3 is 2.67 bits per heavy atom. The number of likely N-dealkylation sites (tertiary alicyclic amines) is 1. The molecular formula is C23H39N5O2. The third-order valence-corrected chi connectivity index (χ3v) is 5.06. The Bertz CT molecular complexity index is 712. The molecule has 1 aromatic carbocycles. The second-order valence-corrected chi connectivity index (χ2v) is 8.95. The highest BCUT2D eigenvalue weighted by Gasteiger charge is 2.30. The molecule has 30 heavy (non-hydrogen) atoms. The van der Waals surface area contributed by atoms with Gasteiger partial charge in [-0.05, 0) is 52.6 Å². The first kappa shape index (κ1) is 24.0. The molecule has 1 aliphatic rings. The van der Waals surface area contributed by atoms with Crippen molar-refractivity contribution in [2.24, 2.45) is 4.99 Å². The molecule has 0 radical (unpaired) electrons. The highest BCUT2D eigenvalue weighted by Crippen LogP contribution is 2.23. The zero-order valence-corrected chi connectivity index (χ0v) is 19.5. The zero-order valence-electron chi connectivity index (χ0n) is 19.5. The minimum atomic E-state index is -0.239. The number of ether oxygens (including phenoxy) is 1. The molecule has 1 saturated heterocycles. The van der Waals surface area contributed by atoms with Gasteiger partial charge in [-0.15, -0.1) is 0 Å². The summed E-state index contributed by atoms with van der Waals surface area (Å²) in [6.45, 7) is 9.51. The third-order valence-electron chi connectivity index (χ3n) is 5.06. The van der Waals surface area contributed by atoms with Gasteiger partial charge >= 0.3 is 0 Å². The van der Waals surface area contributed by atoms with Gasteiger partial charge < -0.3 is 20.3 Å². The van der Waals surface area contributed by atoms with Crippen LogP contribution < -0.4 is 15.4 Å². The van der Waals surface area contributed by atoms with Gasteiger partial charge in [0.1, 0.15) is 11.4 Å². The standard InChI is InChI=1S/C23H39N5O2/c1-23(2,3)30-20-13-8-7-11-18(20)17-26-22(24-4)25-14-10-16-28-15-9-12-19(28)21(29)27(5)6/h7-8,11,13,19H,9-10,12,14-17H2,1-6H3,(H2,24,25,26). The number of rotatable bonds is 8. The van der Waals surface area contributed by atoms with Crippen LogP contribution in [0, 0.1) is 0 Å². The van der Waals surface area contributed by atoms with E-state index in [1.807, 2.05) is 32.3 Å². The SMILES string of the molecule is CN=C(NCCCN1CCCC1C(=O)N(C)C)NCc1ccccc1OC(C)(C)C. The number of amides is 1. The number of hydrogen-bond acceptors (Lipinski definition) is 4. The van der Waals surface area contributed by atoms with Crippen LogP contribution in [0.1, 0.15) is 45.6 Å². The van der Waals surface area contributed by atoms with Crippen LogP contribution in [-0.2, 0) is 11.3 Å². The van der Waals surface area contributed by atoms with E-state index in [1.54, 1.807) is 11.9 Å². The number of benzene rings is 1. The van der Waals surface area contributed by atoms with Crippen LogP contribution in [0.4, 0.5) is 0 Å². The molecule has 1 aliphatic heterocycles. The lowest BCUT2D eigenvalue weighted by Gasteiger charge is -2.26. The molecule has 1 atom stereocenters. The van der Waals surface area contributed by atoms with Gasteiger partial charge in [-0.25, -0.2) is 0 Å². The number of likely N-dealkylation sites (N-methyl/N-ethyl adjacent to an activating group) is 1. The maximum atomic E-state index is 12.3. The highest BCUT2D eigenvalue weighted by atomic mass is 16.5. The molecule has 0 aromatic heterocycles. The Labute approximate surface area is 181 Å². The Morgan fingerprint density at radius 1 is 1.27 bits per heavy atom. The van der Waals surface area contributed by atoms with Gasteiger partial charge in [-0.3, -0.25) is 14.7 Å². The van der Waals surface area contributed by atoms with Crippen LogP contribution in [0.15, 0.2) is 29.3 Å². The van der Waals surface area contributed by atoms with E-state index in [2.05, 4.69) is 47.4 Å². The largest absolute Gasteiger partial charge is 0.488 e. The summed E-state index contributed by atoms with van der Waals surface area (Å²) in [5.74, 6) is 1.87. The van der Waals surface area contributed by atoms with Crippen molar-refractivity contribution in [3.05, 3.63) is 29.8 Å². The van der Waals surface area contributed by atoms with E-state index in [0.29, 0.717) is 6.54 Å². The smallest absolute Gasteiger partial charge is 0.239 e. The molecular weight excluding hydrogens is 378 g/mol. The molecule has 1 fully saturated rings. The number of nitrogens with zero attached hydrogens (tertiary/aromatic N) is 3. The van der Waals surface area contributed by atoms with E-state index in [-0.39, 0.29) is 17.6 Å². The molecule has 0 aliphatic carbocycles. The molecule has 1 amide bonds. The van der Waals surface area contributed by atoms with Crippen molar-refractivity contribution in [2.75, 3.05) is 40.8 Å². The molecule has 7 nitrogen and oxygen atoms in total. The Morgan fingerprint density at radius 2 is 2.00 bits per heavy atom. The summed E-state index contributed by atoms with van der Waals surface area (Å²) < 4.78 is 6.06. The topological polar surface area (TPSA) is 69.2 Å². The lowest BCUT2D eigenvalue weighted by molar-refractivity contribution is -0.133. The average Bonchev–Trinajstić information content (AvgIpc) is 3.15. The first-order valence-corrected chi connectivity index (χ1v) is 10.9. The van der Waals surface area contributed by atoms with Crippen molar-refractivity contribution in [3.63, 3.8) is 0 Å². The van der Waals surface area contributed by atoms with Crippen molar-refractivity contribution in [2.45, 2.75) is 58.2 Å². The van der Waals surface area contributed by atoms with Gasteiger partial charge in [-0.2, -0.15) is 0 Å². The molecule has 2 N–H and O–H groups in total. The summed E-state index contributed by atoms with van der Waals surface area (Å²) >= 11 is 0. The van der Waals surface area contributed by atoms with Gasteiger partial charge in [0.05, 0.1) is 6.04 Å². The minimum absolute atomic E-state index is 0.0387. The maximum Gasteiger partial charge on any atom is 0.239 e. The Balaban J connectivity index is 1.78. The zero-order chi connectivity index (χ0) is 22.1. The summed E-state index contributed by atoms with van der Waals surface area (Å²) in [5, 5.41) is 6.74. The fourth-order valence-electron chi connectivity index (χ4n) is 3.64. The van der Waals surface area contributed by atoms with Crippen LogP contribution in [-0.4, -0.2) is 74.1 Å². The van der Waals surface area contributed by atoms with Gasteiger partial charge in [0.2, 0.25) is 5.91 Å². The quantitative estimate of drug-likeness (QED) is 0.386. The molecule has 1 heterocycles. The highest BCUT2D eigenvalue weighted by molar-refractivity contribution is 5.81. The van der Waals surface area contributed by atoms with Crippen LogP contribution >= 0.6 is 0 Å². The second kappa shape index (κ2) is 11.2. The number of para-hydroxylation sites is 1. The van der Waals surface area contributed by atoms with E-state index in [1.165, 1.54) is 0 Å². The van der Waals surface area contributed by atoms with Gasteiger partial charge in [0.15, 0.2) is 5.96 Å². The van der Waals surface area contributed by atoms with E-state index in [4.69, 9.17) is 4.74 Å². The predicted molar refractivity (Wildman–Crippen MR) is 123 cm³/mol. The number of hydrogen-bond donors (Lipinski definition) is 2. The minimum Gasteiger partial charge on any atom is -0.488 e. The van der Waals surface area contributed by atoms with Crippen molar-refractivity contribution >= 4 is 11.9 Å². The molecule has 0 spiro atoms. The van der Waals surface area contributed by atoms with Gasteiger partial charge in [0.25, 0.3) is 0 Å². The first-order valence-electron chi connectivity index (χ1n) is 10.9. The van der Waals surface area contributed by atoms with Gasteiger partial charge in [0, 0.05) is 46.3 Å². The third kappa shape index (κ3) is 7.52. The van der Waals surface area contributed by atoms with Crippen molar-refractivity contribution in [3.8, 4) is 5.75 Å². The molecule has 7 heteroatoms. The molecule has 168 valence electrons. The van der Waals surface area contributed by atoms with Crippen LogP contribution in [0.3, 0.4) is 0 Å². The Hall–Kier alpha value is -2.28. The summed E-state index contributed by atoms with van der Waals surface area (Å²) in [6.07, 6.45) is 3.02. The summed E-state index contributed by atoms with van der Waals surface area (Å²) in [6, 6.07) is 8.11. The fraction of sp³-hybridized carbons (Fsp3) is 0.652. The molecule has 1 aromatic rings. The van der Waals surface area contributed by atoms with Crippen LogP contribution in [0.2, 0.25) is 0 Å². The fourth-order valence-corrected chi connectivity index (χ4v) is 3.64. The van der Waals surface area contributed by atoms with E-state index in [0.717, 1.165) is 56.2 Å². The van der Waals surface area contributed by atoms with Crippen molar-refractivity contribution in [1.29, 1.82) is 0 Å². The summed E-state index contributed by atoms with van der Waals surface area (Å²) in [5.41, 5.74) is 0.856. The number of guanidine groups is 1. The average molecular weight is 418 g/mol. The van der Waals surface area contributed by atoms with E-state index < -0.39 is 0 Å². The number of aliphatic imine (C=N–C) groups is 1. The van der Waals surface area contributed by atoms with Crippen molar-refractivity contribution < 1.29 is 9.53 Å². The Kier molecular flexibility index (Phi) is 8.96. The number of nitrogens with one attached hydrogen (secondary N) is 2. The molecule has 0 bridgehead atoms. The van der Waals surface area contributed by atoms with E-state index in [9.17, 15) is 4.79 Å². The van der Waals surface area contributed by atoms with Crippen molar-refractivity contribution in [1.82, 2.24) is 20.4 Å². The van der Waals surface area contributed by atoms with Crippen LogP contribution in [0.25, 0.3) is 0 Å². The second-order valence-electron chi connectivity index (χ2n) is 8.95. The lowest BCUT2D eigenvalue weighted by Crippen LogP contribution is -2.44. The normalized spacial score (nSPS) is 17.7. The van der Waals surface area contributed by atoms with Gasteiger partial charge in [-0.1, -0.05) is 18.2 Å². The first-order chi connectivity index (χ1) is 14.2. The van der Waals surface area contributed by atoms with Crippen LogP contribution in [0.5, 0.6) is 5.75 Å².